The van der Waals surface area contributed by atoms with Crippen LogP contribution in [-0.2, 0) is 0 Å². The zero-order valence-corrected chi connectivity index (χ0v) is 11.9. The van der Waals surface area contributed by atoms with Gasteiger partial charge < -0.3 is 19.6 Å². The Morgan fingerprint density at radius 3 is 2.45 bits per heavy atom. The maximum Gasteiger partial charge on any atom is 0.247 e. The number of aromatic nitrogens is 2. The van der Waals surface area contributed by atoms with Gasteiger partial charge in [0, 0.05) is 5.56 Å². The van der Waals surface area contributed by atoms with Gasteiger partial charge in [-0.25, -0.2) is 0 Å². The number of nitrogens with two attached hydrogens (primary N) is 1. The highest BCUT2D eigenvalue weighted by atomic mass is 16.5. The van der Waals surface area contributed by atoms with Gasteiger partial charge in [0.1, 0.15) is 0 Å². The van der Waals surface area contributed by atoms with Crippen molar-refractivity contribution < 1.29 is 13.9 Å². The first kappa shape index (κ1) is 14.3. The van der Waals surface area contributed by atoms with Crippen molar-refractivity contribution >= 4 is 0 Å². The summed E-state index contributed by atoms with van der Waals surface area (Å²) in [5.41, 5.74) is 6.48. The van der Waals surface area contributed by atoms with Gasteiger partial charge in [0.25, 0.3) is 0 Å². The molecule has 0 spiro atoms. The van der Waals surface area contributed by atoms with E-state index in [0.717, 1.165) is 5.56 Å². The molecule has 2 aromatic rings. The average Bonchev–Trinajstić information content (AvgIpc) is 2.91. The van der Waals surface area contributed by atoms with Crippen LogP contribution in [-0.4, -0.2) is 23.4 Å². The van der Waals surface area contributed by atoms with Gasteiger partial charge in [0.05, 0.1) is 19.3 Å². The molecule has 1 aromatic carbocycles. The van der Waals surface area contributed by atoms with E-state index < -0.39 is 0 Å². The van der Waals surface area contributed by atoms with E-state index in [-0.39, 0.29) is 6.04 Å². The monoisotopic (exact) mass is 277 g/mol. The minimum Gasteiger partial charge on any atom is -0.490 e. The van der Waals surface area contributed by atoms with Crippen molar-refractivity contribution in [2.24, 2.45) is 5.73 Å². The molecule has 6 heteroatoms. The summed E-state index contributed by atoms with van der Waals surface area (Å²) in [4.78, 5) is 0. The van der Waals surface area contributed by atoms with Gasteiger partial charge in [-0.3, -0.25) is 0 Å². The molecule has 0 aliphatic carbocycles. The molecular formula is C14H19N3O3. The third kappa shape index (κ3) is 3.08. The molecule has 108 valence electrons. The van der Waals surface area contributed by atoms with Gasteiger partial charge in [0.15, 0.2) is 11.5 Å². The predicted octanol–water partition coefficient (Wildman–Crippen LogP) is 2.55. The van der Waals surface area contributed by atoms with E-state index in [2.05, 4.69) is 10.2 Å². The Morgan fingerprint density at radius 1 is 1.15 bits per heavy atom. The lowest BCUT2D eigenvalue weighted by atomic mass is 10.2. The quantitative estimate of drug-likeness (QED) is 0.873. The van der Waals surface area contributed by atoms with Crippen LogP contribution in [0.4, 0.5) is 0 Å². The smallest absolute Gasteiger partial charge is 0.247 e. The molecule has 6 nitrogen and oxygen atoms in total. The van der Waals surface area contributed by atoms with Crippen molar-refractivity contribution in [1.29, 1.82) is 0 Å². The van der Waals surface area contributed by atoms with E-state index in [0.29, 0.717) is 36.5 Å². The first-order valence-electron chi connectivity index (χ1n) is 6.64. The highest BCUT2D eigenvalue weighted by Gasteiger charge is 2.14. The van der Waals surface area contributed by atoms with Crippen molar-refractivity contribution in [3.8, 4) is 23.0 Å². The zero-order chi connectivity index (χ0) is 14.5. The Bertz CT molecular complexity index is 567. The number of hydrogen-bond acceptors (Lipinski definition) is 6. The summed E-state index contributed by atoms with van der Waals surface area (Å²) in [6, 6.07) is 5.23. The summed E-state index contributed by atoms with van der Waals surface area (Å²) < 4.78 is 16.6. The number of rotatable bonds is 6. The maximum absolute atomic E-state index is 5.71. The fourth-order valence-corrected chi connectivity index (χ4v) is 1.72. The number of benzene rings is 1. The molecule has 1 aromatic heterocycles. The maximum atomic E-state index is 5.71. The first-order valence-corrected chi connectivity index (χ1v) is 6.64. The largest absolute Gasteiger partial charge is 0.490 e. The van der Waals surface area contributed by atoms with Crippen LogP contribution in [0.3, 0.4) is 0 Å². The highest BCUT2D eigenvalue weighted by molar-refractivity contribution is 5.59. The van der Waals surface area contributed by atoms with Gasteiger partial charge >= 0.3 is 0 Å². The summed E-state index contributed by atoms with van der Waals surface area (Å²) in [6.07, 6.45) is 0. The van der Waals surface area contributed by atoms with Crippen LogP contribution in [0.25, 0.3) is 11.5 Å². The van der Waals surface area contributed by atoms with Crippen LogP contribution in [0.2, 0.25) is 0 Å². The Morgan fingerprint density at radius 2 is 1.85 bits per heavy atom. The van der Waals surface area contributed by atoms with Gasteiger partial charge in [-0.2, -0.15) is 0 Å². The molecule has 0 radical (unpaired) electrons. The standard InChI is InChI=1S/C14H19N3O3/c1-4-18-11-7-6-10(8-12(11)19-5-2)14-17-16-13(20-14)9(3)15/h6-9H,4-5,15H2,1-3H3. The Labute approximate surface area is 117 Å². The van der Waals surface area contributed by atoms with E-state index in [1.165, 1.54) is 0 Å². The van der Waals surface area contributed by atoms with Crippen molar-refractivity contribution in [2.75, 3.05) is 13.2 Å². The molecule has 1 heterocycles. The normalized spacial score (nSPS) is 12.2. The average molecular weight is 277 g/mol. The van der Waals surface area contributed by atoms with Crippen LogP contribution in [0, 0.1) is 0 Å². The van der Waals surface area contributed by atoms with E-state index in [1.54, 1.807) is 6.92 Å². The first-order chi connectivity index (χ1) is 9.65. The van der Waals surface area contributed by atoms with E-state index in [1.807, 2.05) is 32.0 Å². The number of nitrogens with zero attached hydrogens (tertiary/aromatic N) is 2. The number of hydrogen-bond donors (Lipinski definition) is 1. The highest BCUT2D eigenvalue weighted by Crippen LogP contribution is 2.32. The molecule has 2 N–H and O–H groups in total. The summed E-state index contributed by atoms with van der Waals surface area (Å²) in [5.74, 6) is 2.19. The molecule has 0 bridgehead atoms. The van der Waals surface area contributed by atoms with E-state index >= 15 is 0 Å². The van der Waals surface area contributed by atoms with Crippen molar-refractivity contribution in [3.63, 3.8) is 0 Å². The third-order valence-corrected chi connectivity index (χ3v) is 2.62. The second kappa shape index (κ2) is 6.38. The Kier molecular flexibility index (Phi) is 4.57. The minimum atomic E-state index is -0.287. The number of ether oxygens (including phenoxy) is 2. The fraction of sp³-hybridized carbons (Fsp3) is 0.429. The molecule has 20 heavy (non-hydrogen) atoms. The van der Waals surface area contributed by atoms with E-state index in [4.69, 9.17) is 19.6 Å². The summed E-state index contributed by atoms with van der Waals surface area (Å²) in [7, 11) is 0. The van der Waals surface area contributed by atoms with Gasteiger partial charge in [-0.1, -0.05) is 0 Å². The lowest BCUT2D eigenvalue weighted by Crippen LogP contribution is -2.04. The molecule has 1 atom stereocenters. The van der Waals surface area contributed by atoms with Crippen LogP contribution in [0.1, 0.15) is 32.7 Å². The van der Waals surface area contributed by atoms with Gasteiger partial charge in [-0.15, -0.1) is 10.2 Å². The van der Waals surface area contributed by atoms with Crippen LogP contribution in [0.5, 0.6) is 11.5 Å². The zero-order valence-electron chi connectivity index (χ0n) is 11.9. The molecule has 0 aliphatic rings. The third-order valence-electron chi connectivity index (χ3n) is 2.62. The summed E-state index contributed by atoms with van der Waals surface area (Å²) in [6.45, 7) is 6.77. The molecule has 0 saturated heterocycles. The molecule has 2 rings (SSSR count). The molecule has 1 unspecified atom stereocenters. The minimum absolute atomic E-state index is 0.287. The molecule has 0 aliphatic heterocycles. The SMILES string of the molecule is CCOc1ccc(-c2nnc(C(C)N)o2)cc1OCC. The van der Waals surface area contributed by atoms with E-state index in [9.17, 15) is 0 Å². The van der Waals surface area contributed by atoms with Crippen LogP contribution < -0.4 is 15.2 Å². The molecule has 0 saturated carbocycles. The molecule has 0 amide bonds. The topological polar surface area (TPSA) is 83.4 Å². The lowest BCUT2D eigenvalue weighted by molar-refractivity contribution is 0.288. The predicted molar refractivity (Wildman–Crippen MR) is 74.7 cm³/mol. The second-order valence-corrected chi connectivity index (χ2v) is 4.26. The summed E-state index contributed by atoms with van der Waals surface area (Å²) >= 11 is 0. The second-order valence-electron chi connectivity index (χ2n) is 4.26. The molecule has 0 fully saturated rings. The molecular weight excluding hydrogens is 258 g/mol. The fourth-order valence-electron chi connectivity index (χ4n) is 1.72. The van der Waals surface area contributed by atoms with Crippen molar-refractivity contribution in [3.05, 3.63) is 24.1 Å². The van der Waals surface area contributed by atoms with Gasteiger partial charge in [0.2, 0.25) is 11.8 Å². The lowest BCUT2D eigenvalue weighted by Gasteiger charge is -2.11. The summed E-state index contributed by atoms with van der Waals surface area (Å²) in [5, 5.41) is 7.90. The Balaban J connectivity index is 2.33. The van der Waals surface area contributed by atoms with Crippen molar-refractivity contribution in [2.45, 2.75) is 26.8 Å². The Hall–Kier alpha value is -2.08. The van der Waals surface area contributed by atoms with Crippen LogP contribution >= 0.6 is 0 Å². The van der Waals surface area contributed by atoms with Crippen molar-refractivity contribution in [1.82, 2.24) is 10.2 Å². The van der Waals surface area contributed by atoms with Crippen LogP contribution in [0.15, 0.2) is 22.6 Å². The van der Waals surface area contributed by atoms with Gasteiger partial charge in [-0.05, 0) is 39.0 Å².